The van der Waals surface area contributed by atoms with Gasteiger partial charge in [0.1, 0.15) is 6.04 Å². The first kappa shape index (κ1) is 13.7. The largest absolute Gasteiger partial charge is 0.480 e. The molecule has 0 saturated heterocycles. The molecule has 0 bridgehead atoms. The first-order chi connectivity index (χ1) is 10.2. The van der Waals surface area contributed by atoms with Gasteiger partial charge in [-0.25, -0.2) is 9.78 Å². The van der Waals surface area contributed by atoms with E-state index in [1.807, 2.05) is 40.8 Å². The van der Waals surface area contributed by atoms with Gasteiger partial charge in [0.05, 0.1) is 6.33 Å². The third-order valence-electron chi connectivity index (χ3n) is 4.14. The zero-order valence-electron chi connectivity index (χ0n) is 12.0. The molecule has 1 aromatic heterocycles. The molecule has 5 nitrogen and oxygen atoms in total. The quantitative estimate of drug-likeness (QED) is 0.916. The van der Waals surface area contributed by atoms with Crippen molar-refractivity contribution < 1.29 is 9.90 Å². The number of benzene rings is 1. The summed E-state index contributed by atoms with van der Waals surface area (Å²) in [5, 5.41) is 9.45. The summed E-state index contributed by atoms with van der Waals surface area (Å²) < 4.78 is 2.05. The van der Waals surface area contributed by atoms with Crippen LogP contribution >= 0.6 is 0 Å². The summed E-state index contributed by atoms with van der Waals surface area (Å²) >= 11 is 0. The molecule has 1 aliphatic heterocycles. The number of anilines is 1. The molecule has 3 rings (SSSR count). The summed E-state index contributed by atoms with van der Waals surface area (Å²) in [4.78, 5) is 17.6. The van der Waals surface area contributed by atoms with Gasteiger partial charge in [0.15, 0.2) is 0 Å². The molecule has 2 atom stereocenters. The number of para-hydroxylation sites is 1. The van der Waals surface area contributed by atoms with E-state index in [-0.39, 0.29) is 0 Å². The molecule has 2 heterocycles. The molecule has 5 heteroatoms. The van der Waals surface area contributed by atoms with Crippen molar-refractivity contribution in [3.8, 4) is 0 Å². The molecule has 0 spiro atoms. The topological polar surface area (TPSA) is 58.4 Å². The number of carbonyl (C=O) groups is 1. The van der Waals surface area contributed by atoms with Gasteiger partial charge in [0.25, 0.3) is 0 Å². The Morgan fingerprint density at radius 1 is 1.48 bits per heavy atom. The highest BCUT2D eigenvalue weighted by atomic mass is 16.4. The number of nitrogens with zero attached hydrogens (tertiary/aromatic N) is 3. The highest BCUT2D eigenvalue weighted by Crippen LogP contribution is 2.38. The molecule has 0 aliphatic carbocycles. The SMILES string of the molecule is CCC(C(=O)O)N1CC(Cn2ccnc2)c2ccccc21. The van der Waals surface area contributed by atoms with Gasteiger partial charge >= 0.3 is 5.97 Å². The molecule has 2 unspecified atom stereocenters. The molecule has 110 valence electrons. The van der Waals surface area contributed by atoms with Gasteiger partial charge in [-0.2, -0.15) is 0 Å². The van der Waals surface area contributed by atoms with Crippen LogP contribution in [0, 0.1) is 0 Å². The highest BCUT2D eigenvalue weighted by Gasteiger charge is 2.34. The Bertz CT molecular complexity index is 624. The molecule has 0 fully saturated rings. The van der Waals surface area contributed by atoms with Crippen molar-refractivity contribution in [1.82, 2.24) is 9.55 Å². The molecule has 21 heavy (non-hydrogen) atoms. The summed E-state index contributed by atoms with van der Waals surface area (Å²) in [7, 11) is 0. The first-order valence-corrected chi connectivity index (χ1v) is 7.24. The van der Waals surface area contributed by atoms with Crippen molar-refractivity contribution in [2.24, 2.45) is 0 Å². The molecular formula is C16H19N3O2. The van der Waals surface area contributed by atoms with Crippen LogP contribution in [0.15, 0.2) is 43.0 Å². The van der Waals surface area contributed by atoms with Crippen LogP contribution < -0.4 is 4.90 Å². The van der Waals surface area contributed by atoms with E-state index >= 15 is 0 Å². The van der Waals surface area contributed by atoms with E-state index in [2.05, 4.69) is 11.1 Å². The summed E-state index contributed by atoms with van der Waals surface area (Å²) in [6, 6.07) is 7.66. The van der Waals surface area contributed by atoms with Crippen LogP contribution in [0.1, 0.15) is 24.8 Å². The minimum absolute atomic E-state index is 0.295. The van der Waals surface area contributed by atoms with Crippen LogP contribution in [0.25, 0.3) is 0 Å². The average Bonchev–Trinajstić information content (AvgIpc) is 3.10. The summed E-state index contributed by atoms with van der Waals surface area (Å²) in [5.41, 5.74) is 2.28. The van der Waals surface area contributed by atoms with Crippen LogP contribution in [0.3, 0.4) is 0 Å². The van der Waals surface area contributed by atoms with E-state index in [4.69, 9.17) is 0 Å². The molecule has 1 N–H and O–H groups in total. The van der Waals surface area contributed by atoms with Crippen molar-refractivity contribution in [3.63, 3.8) is 0 Å². The number of imidazole rings is 1. The van der Waals surface area contributed by atoms with Crippen LogP contribution in [0.5, 0.6) is 0 Å². The number of aromatic nitrogens is 2. The van der Waals surface area contributed by atoms with Crippen molar-refractivity contribution in [2.75, 3.05) is 11.4 Å². The predicted molar refractivity (Wildman–Crippen MR) is 80.5 cm³/mol. The van der Waals surface area contributed by atoms with Crippen LogP contribution in [0.4, 0.5) is 5.69 Å². The maximum atomic E-state index is 11.5. The predicted octanol–water partition coefficient (Wildman–Crippen LogP) is 2.35. The molecule has 0 saturated carbocycles. The van der Waals surface area contributed by atoms with E-state index in [1.54, 1.807) is 12.5 Å². The number of hydrogen-bond acceptors (Lipinski definition) is 3. The lowest BCUT2D eigenvalue weighted by atomic mass is 10.0. The molecule has 1 aliphatic rings. The average molecular weight is 285 g/mol. The summed E-state index contributed by atoms with van der Waals surface area (Å²) in [6.07, 6.45) is 6.12. The Morgan fingerprint density at radius 2 is 2.29 bits per heavy atom. The first-order valence-electron chi connectivity index (χ1n) is 7.24. The van der Waals surface area contributed by atoms with Gasteiger partial charge in [0, 0.05) is 37.1 Å². The Balaban J connectivity index is 1.91. The molecule has 0 radical (unpaired) electrons. The van der Waals surface area contributed by atoms with Crippen LogP contribution in [0.2, 0.25) is 0 Å². The second kappa shape index (κ2) is 5.60. The van der Waals surface area contributed by atoms with Gasteiger partial charge in [-0.1, -0.05) is 25.1 Å². The van der Waals surface area contributed by atoms with E-state index in [0.717, 1.165) is 18.8 Å². The van der Waals surface area contributed by atoms with Crippen molar-refractivity contribution >= 4 is 11.7 Å². The van der Waals surface area contributed by atoms with Gasteiger partial charge < -0.3 is 14.6 Å². The van der Waals surface area contributed by atoms with E-state index < -0.39 is 12.0 Å². The number of aliphatic carboxylic acids is 1. The maximum absolute atomic E-state index is 11.5. The minimum atomic E-state index is -0.754. The third kappa shape index (κ3) is 2.51. The number of rotatable bonds is 5. The molecule has 0 amide bonds. The standard InChI is InChI=1S/C16H19N3O2/c1-2-14(16(20)21)19-10-12(9-18-8-7-17-11-18)13-5-3-4-6-15(13)19/h3-8,11-12,14H,2,9-10H2,1H3,(H,20,21). The Morgan fingerprint density at radius 3 is 2.95 bits per heavy atom. The number of carboxylic acid groups (broad SMARTS) is 1. The molecular weight excluding hydrogens is 266 g/mol. The summed E-state index contributed by atoms with van der Waals surface area (Å²) in [5.74, 6) is -0.459. The van der Waals surface area contributed by atoms with Gasteiger partial charge in [-0.3, -0.25) is 0 Å². The smallest absolute Gasteiger partial charge is 0.326 e. The fourth-order valence-corrected chi connectivity index (χ4v) is 3.16. The minimum Gasteiger partial charge on any atom is -0.480 e. The zero-order valence-corrected chi connectivity index (χ0v) is 12.0. The Kier molecular flexibility index (Phi) is 3.64. The molecule has 2 aromatic rings. The fraction of sp³-hybridized carbons (Fsp3) is 0.375. The number of hydrogen-bond donors (Lipinski definition) is 1. The second-order valence-electron chi connectivity index (χ2n) is 5.43. The van der Waals surface area contributed by atoms with Gasteiger partial charge in [-0.05, 0) is 18.1 Å². The summed E-state index contributed by atoms with van der Waals surface area (Å²) in [6.45, 7) is 3.48. The highest BCUT2D eigenvalue weighted by molar-refractivity contribution is 5.80. The lowest BCUT2D eigenvalue weighted by Crippen LogP contribution is -2.40. The lowest BCUT2D eigenvalue weighted by Gasteiger charge is -2.26. The number of fused-ring (bicyclic) bond motifs is 1. The fourth-order valence-electron chi connectivity index (χ4n) is 3.16. The Labute approximate surface area is 123 Å². The van der Waals surface area contributed by atoms with Crippen LogP contribution in [-0.2, 0) is 11.3 Å². The van der Waals surface area contributed by atoms with Crippen LogP contribution in [-0.4, -0.2) is 33.2 Å². The lowest BCUT2D eigenvalue weighted by molar-refractivity contribution is -0.138. The normalized spacial score (nSPS) is 18.5. The monoisotopic (exact) mass is 285 g/mol. The van der Waals surface area contributed by atoms with E-state index in [1.165, 1.54) is 5.56 Å². The zero-order chi connectivity index (χ0) is 14.8. The second-order valence-corrected chi connectivity index (χ2v) is 5.43. The van der Waals surface area contributed by atoms with Crippen molar-refractivity contribution in [2.45, 2.75) is 31.8 Å². The van der Waals surface area contributed by atoms with Crippen molar-refractivity contribution in [1.29, 1.82) is 0 Å². The number of carboxylic acids is 1. The van der Waals surface area contributed by atoms with Gasteiger partial charge in [-0.15, -0.1) is 0 Å². The third-order valence-corrected chi connectivity index (χ3v) is 4.14. The van der Waals surface area contributed by atoms with Crippen molar-refractivity contribution in [3.05, 3.63) is 48.5 Å². The van der Waals surface area contributed by atoms with E-state index in [9.17, 15) is 9.90 Å². The van der Waals surface area contributed by atoms with E-state index in [0.29, 0.717) is 12.3 Å². The van der Waals surface area contributed by atoms with Gasteiger partial charge in [0.2, 0.25) is 0 Å². The maximum Gasteiger partial charge on any atom is 0.326 e. The molecule has 1 aromatic carbocycles. The Hall–Kier alpha value is -2.30.